The molecular weight excluding hydrogens is 265 g/mol. The van der Waals surface area contributed by atoms with Gasteiger partial charge in [-0.25, -0.2) is 0 Å². The molecule has 18 heavy (non-hydrogen) atoms. The van der Waals surface area contributed by atoms with Gasteiger partial charge in [-0.05, 0) is 36.6 Å². The molecule has 0 bridgehead atoms. The highest BCUT2D eigenvalue weighted by molar-refractivity contribution is 6.36. The maximum Gasteiger partial charge on any atom is 0.0468 e. The number of nitrogens with two attached hydrogens (primary N) is 1. The van der Waals surface area contributed by atoms with Gasteiger partial charge < -0.3 is 5.73 Å². The van der Waals surface area contributed by atoms with Crippen LogP contribution in [0.15, 0.2) is 42.5 Å². The van der Waals surface area contributed by atoms with E-state index < -0.39 is 0 Å². The van der Waals surface area contributed by atoms with E-state index in [1.54, 1.807) is 0 Å². The van der Waals surface area contributed by atoms with E-state index in [1.807, 2.05) is 30.3 Å². The average molecular weight is 280 g/mol. The Morgan fingerprint density at radius 1 is 1.00 bits per heavy atom. The van der Waals surface area contributed by atoms with Crippen molar-refractivity contribution in [2.75, 3.05) is 0 Å². The molecule has 1 nitrogen and oxygen atoms in total. The Bertz CT molecular complexity index is 532. The van der Waals surface area contributed by atoms with Crippen LogP contribution in [0.1, 0.15) is 22.7 Å². The zero-order valence-corrected chi connectivity index (χ0v) is 11.7. The summed E-state index contributed by atoms with van der Waals surface area (Å²) in [6.45, 7) is 2.08. The fourth-order valence-electron chi connectivity index (χ4n) is 2.04. The number of benzene rings is 2. The minimum absolute atomic E-state index is 0.188. The predicted octanol–water partition coefficient (Wildman–Crippen LogP) is 4.54. The molecule has 0 heterocycles. The van der Waals surface area contributed by atoms with Crippen LogP contribution in [0, 0.1) is 6.92 Å². The van der Waals surface area contributed by atoms with E-state index in [0.29, 0.717) is 10.0 Å². The standard InChI is InChI=1S/C15H15Cl2N/c1-10-5-2-3-6-11(10)9-14(18)15-12(16)7-4-8-13(15)17/h2-8,14H,9,18H2,1H3. The van der Waals surface area contributed by atoms with Gasteiger partial charge in [-0.3, -0.25) is 0 Å². The molecule has 0 spiro atoms. The molecule has 0 saturated carbocycles. The Hall–Kier alpha value is -1.02. The maximum absolute atomic E-state index is 6.23. The van der Waals surface area contributed by atoms with Gasteiger partial charge in [0.1, 0.15) is 0 Å². The fourth-order valence-corrected chi connectivity index (χ4v) is 2.72. The summed E-state index contributed by atoms with van der Waals surface area (Å²) in [5.41, 5.74) is 9.51. The summed E-state index contributed by atoms with van der Waals surface area (Å²) >= 11 is 12.3. The summed E-state index contributed by atoms with van der Waals surface area (Å²) in [6.07, 6.45) is 0.732. The van der Waals surface area contributed by atoms with Crippen LogP contribution in [0.2, 0.25) is 10.0 Å². The predicted molar refractivity (Wildman–Crippen MR) is 78.3 cm³/mol. The van der Waals surface area contributed by atoms with Gasteiger partial charge in [0, 0.05) is 21.7 Å². The Balaban J connectivity index is 2.28. The van der Waals surface area contributed by atoms with Gasteiger partial charge in [-0.1, -0.05) is 53.5 Å². The van der Waals surface area contributed by atoms with Crippen molar-refractivity contribution in [1.82, 2.24) is 0 Å². The third-order valence-corrected chi connectivity index (χ3v) is 3.73. The third kappa shape index (κ3) is 2.86. The molecular formula is C15H15Cl2N. The first kappa shape index (κ1) is 13.4. The van der Waals surface area contributed by atoms with E-state index in [2.05, 4.69) is 19.1 Å². The molecule has 0 radical (unpaired) electrons. The Labute approximate surface area is 118 Å². The van der Waals surface area contributed by atoms with E-state index in [9.17, 15) is 0 Å². The van der Waals surface area contributed by atoms with Crippen molar-refractivity contribution in [2.45, 2.75) is 19.4 Å². The molecule has 0 aromatic heterocycles. The van der Waals surface area contributed by atoms with Crippen molar-refractivity contribution >= 4 is 23.2 Å². The van der Waals surface area contributed by atoms with Crippen LogP contribution in [0.5, 0.6) is 0 Å². The monoisotopic (exact) mass is 279 g/mol. The van der Waals surface area contributed by atoms with Crippen LogP contribution in [-0.2, 0) is 6.42 Å². The van der Waals surface area contributed by atoms with Gasteiger partial charge in [0.15, 0.2) is 0 Å². The molecule has 0 fully saturated rings. The fraction of sp³-hybridized carbons (Fsp3) is 0.200. The summed E-state index contributed by atoms with van der Waals surface area (Å²) in [5, 5.41) is 1.26. The molecule has 3 heteroatoms. The van der Waals surface area contributed by atoms with Crippen molar-refractivity contribution in [1.29, 1.82) is 0 Å². The van der Waals surface area contributed by atoms with Crippen LogP contribution in [-0.4, -0.2) is 0 Å². The van der Waals surface area contributed by atoms with E-state index in [-0.39, 0.29) is 6.04 Å². The average Bonchev–Trinajstić information content (AvgIpc) is 2.32. The summed E-state index contributed by atoms with van der Waals surface area (Å²) in [7, 11) is 0. The number of aryl methyl sites for hydroxylation is 1. The van der Waals surface area contributed by atoms with Gasteiger partial charge in [-0.15, -0.1) is 0 Å². The van der Waals surface area contributed by atoms with Crippen LogP contribution in [0.4, 0.5) is 0 Å². The molecule has 94 valence electrons. The van der Waals surface area contributed by atoms with Crippen LogP contribution in [0.3, 0.4) is 0 Å². The van der Waals surface area contributed by atoms with Crippen molar-refractivity contribution in [3.8, 4) is 0 Å². The lowest BCUT2D eigenvalue weighted by Gasteiger charge is -2.16. The Morgan fingerprint density at radius 3 is 2.22 bits per heavy atom. The van der Waals surface area contributed by atoms with Crippen LogP contribution in [0.25, 0.3) is 0 Å². The van der Waals surface area contributed by atoms with E-state index in [4.69, 9.17) is 28.9 Å². The van der Waals surface area contributed by atoms with Crippen LogP contribution >= 0.6 is 23.2 Å². The normalized spacial score (nSPS) is 12.4. The zero-order chi connectivity index (χ0) is 13.1. The van der Waals surface area contributed by atoms with Gasteiger partial charge in [-0.2, -0.15) is 0 Å². The van der Waals surface area contributed by atoms with Gasteiger partial charge >= 0.3 is 0 Å². The van der Waals surface area contributed by atoms with Gasteiger partial charge in [0.05, 0.1) is 0 Å². The lowest BCUT2D eigenvalue weighted by atomic mass is 9.97. The second-order valence-corrected chi connectivity index (χ2v) is 5.19. The second kappa shape index (κ2) is 5.75. The molecule has 2 rings (SSSR count). The smallest absolute Gasteiger partial charge is 0.0468 e. The molecule has 0 aliphatic heterocycles. The van der Waals surface area contributed by atoms with Crippen molar-refractivity contribution in [3.05, 3.63) is 69.2 Å². The highest BCUT2D eigenvalue weighted by atomic mass is 35.5. The van der Waals surface area contributed by atoms with Crippen molar-refractivity contribution in [2.24, 2.45) is 5.73 Å². The van der Waals surface area contributed by atoms with Crippen molar-refractivity contribution in [3.63, 3.8) is 0 Å². The van der Waals surface area contributed by atoms with E-state index >= 15 is 0 Å². The summed E-state index contributed by atoms with van der Waals surface area (Å²) < 4.78 is 0. The first-order chi connectivity index (χ1) is 8.59. The molecule has 0 amide bonds. The quantitative estimate of drug-likeness (QED) is 0.877. The molecule has 2 N–H and O–H groups in total. The lowest BCUT2D eigenvalue weighted by Crippen LogP contribution is -2.15. The third-order valence-electron chi connectivity index (χ3n) is 3.07. The minimum atomic E-state index is -0.188. The van der Waals surface area contributed by atoms with Crippen molar-refractivity contribution < 1.29 is 0 Å². The number of halogens is 2. The topological polar surface area (TPSA) is 26.0 Å². The zero-order valence-electron chi connectivity index (χ0n) is 10.2. The molecule has 2 aromatic rings. The van der Waals surface area contributed by atoms with Gasteiger partial charge in [0.2, 0.25) is 0 Å². The Kier molecular flexibility index (Phi) is 4.28. The summed E-state index contributed by atoms with van der Waals surface area (Å²) in [5.74, 6) is 0. The number of hydrogen-bond acceptors (Lipinski definition) is 1. The highest BCUT2D eigenvalue weighted by Crippen LogP contribution is 2.31. The first-order valence-electron chi connectivity index (χ1n) is 5.83. The number of rotatable bonds is 3. The Morgan fingerprint density at radius 2 is 1.61 bits per heavy atom. The minimum Gasteiger partial charge on any atom is -0.324 e. The van der Waals surface area contributed by atoms with Gasteiger partial charge in [0.25, 0.3) is 0 Å². The van der Waals surface area contributed by atoms with E-state index in [1.165, 1.54) is 11.1 Å². The summed E-state index contributed by atoms with van der Waals surface area (Å²) in [6, 6.07) is 13.5. The SMILES string of the molecule is Cc1ccccc1CC(N)c1c(Cl)cccc1Cl. The first-order valence-corrected chi connectivity index (χ1v) is 6.59. The maximum atomic E-state index is 6.23. The number of hydrogen-bond donors (Lipinski definition) is 1. The highest BCUT2D eigenvalue weighted by Gasteiger charge is 2.15. The molecule has 0 aliphatic carbocycles. The molecule has 2 aromatic carbocycles. The molecule has 0 saturated heterocycles. The lowest BCUT2D eigenvalue weighted by molar-refractivity contribution is 0.719. The van der Waals surface area contributed by atoms with E-state index in [0.717, 1.165) is 12.0 Å². The summed E-state index contributed by atoms with van der Waals surface area (Å²) in [4.78, 5) is 0. The largest absolute Gasteiger partial charge is 0.324 e. The van der Waals surface area contributed by atoms with Crippen LogP contribution < -0.4 is 5.73 Å². The molecule has 1 atom stereocenters. The molecule has 1 unspecified atom stereocenters. The molecule has 0 aliphatic rings. The second-order valence-electron chi connectivity index (χ2n) is 4.37.